The Hall–Kier alpha value is -3.18. The van der Waals surface area contributed by atoms with Gasteiger partial charge in [0.15, 0.2) is 0 Å². The van der Waals surface area contributed by atoms with Gasteiger partial charge < -0.3 is 14.9 Å². The van der Waals surface area contributed by atoms with Crippen molar-refractivity contribution in [2.24, 2.45) is 0 Å². The number of nitriles is 2. The molecule has 2 N–H and O–H groups in total. The van der Waals surface area contributed by atoms with Gasteiger partial charge in [-0.3, -0.25) is 0 Å². The molecule has 2 aromatic carbocycles. The van der Waals surface area contributed by atoms with Crippen molar-refractivity contribution >= 4 is 0 Å². The summed E-state index contributed by atoms with van der Waals surface area (Å²) in [6, 6.07) is 12.0. The quantitative estimate of drug-likeness (QED) is 0.856. The van der Waals surface area contributed by atoms with Gasteiger partial charge in [0.05, 0.1) is 11.1 Å². The summed E-state index contributed by atoms with van der Waals surface area (Å²) in [7, 11) is 0. The number of benzene rings is 2. The lowest BCUT2D eigenvalue weighted by atomic mass is 10.1. The Kier molecular flexibility index (Phi) is 3.22. The highest BCUT2D eigenvalue weighted by Gasteiger charge is 2.06. The fraction of sp³-hybridized carbons (Fsp3) is 0. The van der Waals surface area contributed by atoms with Crippen LogP contribution in [0.3, 0.4) is 0 Å². The number of phenolic OH excluding ortho intramolecular Hbond substituents is 2. The Morgan fingerprint density at radius 1 is 0.789 bits per heavy atom. The van der Waals surface area contributed by atoms with E-state index in [9.17, 15) is 10.2 Å². The van der Waals surface area contributed by atoms with Gasteiger partial charge >= 0.3 is 0 Å². The summed E-state index contributed by atoms with van der Waals surface area (Å²) in [5.41, 5.74) is 0.456. The maximum atomic E-state index is 9.32. The highest BCUT2D eigenvalue weighted by Crippen LogP contribution is 2.30. The SMILES string of the molecule is N#Cc1ccc(Oc2cc(O)cc(O)c2)cc1C#N. The Balaban J connectivity index is 2.34. The highest BCUT2D eigenvalue weighted by molar-refractivity contribution is 5.50. The zero-order valence-electron chi connectivity index (χ0n) is 9.66. The van der Waals surface area contributed by atoms with Gasteiger partial charge in [-0.05, 0) is 18.2 Å². The molecular formula is C14H8N2O3. The lowest BCUT2D eigenvalue weighted by Crippen LogP contribution is -1.88. The van der Waals surface area contributed by atoms with Gasteiger partial charge in [0.2, 0.25) is 0 Å². The fourth-order valence-corrected chi connectivity index (χ4v) is 1.54. The molecule has 0 radical (unpaired) electrons. The number of phenols is 2. The van der Waals surface area contributed by atoms with E-state index in [0.29, 0.717) is 5.75 Å². The first-order chi connectivity index (χ1) is 9.12. The van der Waals surface area contributed by atoms with E-state index in [4.69, 9.17) is 15.3 Å². The molecule has 0 atom stereocenters. The van der Waals surface area contributed by atoms with Gasteiger partial charge in [-0.1, -0.05) is 0 Å². The summed E-state index contributed by atoms with van der Waals surface area (Å²) < 4.78 is 5.40. The van der Waals surface area contributed by atoms with Crippen molar-refractivity contribution in [2.75, 3.05) is 0 Å². The van der Waals surface area contributed by atoms with Gasteiger partial charge in [0.1, 0.15) is 35.1 Å². The van der Waals surface area contributed by atoms with Crippen LogP contribution >= 0.6 is 0 Å². The zero-order valence-corrected chi connectivity index (χ0v) is 9.66. The van der Waals surface area contributed by atoms with Crippen molar-refractivity contribution in [2.45, 2.75) is 0 Å². The van der Waals surface area contributed by atoms with E-state index in [1.807, 2.05) is 12.1 Å². The van der Waals surface area contributed by atoms with Gasteiger partial charge in [0.25, 0.3) is 0 Å². The molecule has 0 aliphatic carbocycles. The second-order valence-corrected chi connectivity index (χ2v) is 3.72. The Bertz CT molecular complexity index is 691. The largest absolute Gasteiger partial charge is 0.508 e. The number of hydrogen-bond acceptors (Lipinski definition) is 5. The average molecular weight is 252 g/mol. The normalized spacial score (nSPS) is 9.37. The molecular weight excluding hydrogens is 244 g/mol. The molecule has 0 fully saturated rings. The Labute approximate surface area is 109 Å². The van der Waals surface area contributed by atoms with Crippen LogP contribution in [0.5, 0.6) is 23.0 Å². The summed E-state index contributed by atoms with van der Waals surface area (Å²) in [4.78, 5) is 0. The van der Waals surface area contributed by atoms with Crippen LogP contribution in [-0.4, -0.2) is 10.2 Å². The second-order valence-electron chi connectivity index (χ2n) is 3.72. The van der Waals surface area contributed by atoms with E-state index in [-0.39, 0.29) is 28.4 Å². The number of rotatable bonds is 2. The van der Waals surface area contributed by atoms with E-state index in [2.05, 4.69) is 0 Å². The minimum absolute atomic E-state index is 0.135. The predicted molar refractivity (Wildman–Crippen MR) is 65.7 cm³/mol. The molecule has 0 bridgehead atoms. The van der Waals surface area contributed by atoms with Crippen LogP contribution in [0.15, 0.2) is 36.4 Å². The third-order valence-electron chi connectivity index (χ3n) is 2.34. The molecule has 0 unspecified atom stereocenters. The molecule has 5 nitrogen and oxygen atoms in total. The van der Waals surface area contributed by atoms with Crippen LogP contribution < -0.4 is 4.74 Å². The van der Waals surface area contributed by atoms with Crippen molar-refractivity contribution < 1.29 is 14.9 Å². The zero-order chi connectivity index (χ0) is 13.8. The summed E-state index contributed by atoms with van der Waals surface area (Å²) in [6.45, 7) is 0. The van der Waals surface area contributed by atoms with E-state index in [1.54, 1.807) is 0 Å². The number of nitrogens with zero attached hydrogens (tertiary/aromatic N) is 2. The smallest absolute Gasteiger partial charge is 0.134 e. The molecule has 0 aliphatic heterocycles. The van der Waals surface area contributed by atoms with E-state index in [0.717, 1.165) is 0 Å². The maximum Gasteiger partial charge on any atom is 0.134 e. The van der Waals surface area contributed by atoms with Gasteiger partial charge in [-0.25, -0.2) is 0 Å². The maximum absolute atomic E-state index is 9.32. The number of aromatic hydroxyl groups is 2. The van der Waals surface area contributed by atoms with E-state index >= 15 is 0 Å². The minimum Gasteiger partial charge on any atom is -0.508 e. The summed E-state index contributed by atoms with van der Waals surface area (Å²) in [5, 5.41) is 36.3. The van der Waals surface area contributed by atoms with Crippen LogP contribution in [0.2, 0.25) is 0 Å². The fourth-order valence-electron chi connectivity index (χ4n) is 1.54. The van der Waals surface area contributed by atoms with Gasteiger partial charge in [-0.2, -0.15) is 10.5 Å². The number of hydrogen-bond donors (Lipinski definition) is 2. The van der Waals surface area contributed by atoms with Crippen LogP contribution in [0.4, 0.5) is 0 Å². The van der Waals surface area contributed by atoms with Crippen molar-refractivity contribution in [1.82, 2.24) is 0 Å². The monoisotopic (exact) mass is 252 g/mol. The molecule has 92 valence electrons. The molecule has 2 rings (SSSR count). The van der Waals surface area contributed by atoms with Crippen molar-refractivity contribution in [1.29, 1.82) is 10.5 Å². The third-order valence-corrected chi connectivity index (χ3v) is 2.34. The molecule has 0 aromatic heterocycles. The van der Waals surface area contributed by atoms with Crippen LogP contribution in [0, 0.1) is 22.7 Å². The predicted octanol–water partition coefficient (Wildman–Crippen LogP) is 2.63. The van der Waals surface area contributed by atoms with Crippen LogP contribution in [0.25, 0.3) is 0 Å². The highest BCUT2D eigenvalue weighted by atomic mass is 16.5. The van der Waals surface area contributed by atoms with Gasteiger partial charge in [-0.15, -0.1) is 0 Å². The lowest BCUT2D eigenvalue weighted by Gasteiger charge is -2.07. The standard InChI is InChI=1S/C14H8N2O3/c15-7-9-1-2-13(3-10(9)8-16)19-14-5-11(17)4-12(18)6-14/h1-6,17-18H. The molecule has 0 aliphatic rings. The van der Waals surface area contributed by atoms with Crippen LogP contribution in [0.1, 0.15) is 11.1 Å². The molecule has 2 aromatic rings. The van der Waals surface area contributed by atoms with Crippen molar-refractivity contribution in [3.05, 3.63) is 47.5 Å². The molecule has 0 spiro atoms. The lowest BCUT2D eigenvalue weighted by molar-refractivity contribution is 0.431. The first kappa shape index (κ1) is 12.3. The second kappa shape index (κ2) is 4.99. The molecule has 0 saturated carbocycles. The summed E-state index contributed by atoms with van der Waals surface area (Å²) in [6.07, 6.45) is 0. The Morgan fingerprint density at radius 2 is 1.42 bits per heavy atom. The van der Waals surface area contributed by atoms with E-state index < -0.39 is 0 Å². The first-order valence-electron chi connectivity index (χ1n) is 5.27. The summed E-state index contributed by atoms with van der Waals surface area (Å²) >= 11 is 0. The molecule has 19 heavy (non-hydrogen) atoms. The van der Waals surface area contributed by atoms with Crippen molar-refractivity contribution in [3.8, 4) is 35.1 Å². The molecule has 0 heterocycles. The topological polar surface area (TPSA) is 97.3 Å². The summed E-state index contributed by atoms with van der Waals surface area (Å²) in [5.74, 6) is 0.292. The van der Waals surface area contributed by atoms with Crippen molar-refractivity contribution in [3.63, 3.8) is 0 Å². The minimum atomic E-state index is -0.135. The Morgan fingerprint density at radius 3 is 2.00 bits per heavy atom. The molecule has 5 heteroatoms. The van der Waals surface area contributed by atoms with E-state index in [1.165, 1.54) is 36.4 Å². The molecule has 0 saturated heterocycles. The number of ether oxygens (including phenoxy) is 1. The first-order valence-corrected chi connectivity index (χ1v) is 5.27. The van der Waals surface area contributed by atoms with Gasteiger partial charge in [0, 0.05) is 18.2 Å². The van der Waals surface area contributed by atoms with Crippen LogP contribution in [-0.2, 0) is 0 Å². The average Bonchev–Trinajstić information content (AvgIpc) is 2.37. The third kappa shape index (κ3) is 2.74. The molecule has 0 amide bonds.